The molecular formula is C16H17N3O4. The fourth-order valence-electron chi connectivity index (χ4n) is 2.57. The van der Waals surface area contributed by atoms with Gasteiger partial charge in [0.1, 0.15) is 12.9 Å². The van der Waals surface area contributed by atoms with E-state index in [9.17, 15) is 9.59 Å². The SMILES string of the molecule is Cc1ccc([C@H]2[C@H](C(=O)Nc3ccon3)OCC(=O)N2C)cc1. The van der Waals surface area contributed by atoms with Gasteiger partial charge in [0.05, 0.1) is 6.04 Å². The monoisotopic (exact) mass is 315 g/mol. The largest absolute Gasteiger partial charge is 0.363 e. The van der Waals surface area contributed by atoms with Crippen molar-refractivity contribution < 1.29 is 18.8 Å². The molecule has 7 nitrogen and oxygen atoms in total. The molecule has 0 unspecified atom stereocenters. The van der Waals surface area contributed by atoms with Crippen LogP contribution < -0.4 is 5.32 Å². The van der Waals surface area contributed by atoms with Crippen LogP contribution in [0, 0.1) is 6.92 Å². The van der Waals surface area contributed by atoms with Gasteiger partial charge >= 0.3 is 0 Å². The van der Waals surface area contributed by atoms with Gasteiger partial charge in [-0.3, -0.25) is 9.59 Å². The minimum Gasteiger partial charge on any atom is -0.363 e. The summed E-state index contributed by atoms with van der Waals surface area (Å²) in [6, 6.07) is 8.72. The second-order valence-electron chi connectivity index (χ2n) is 5.47. The summed E-state index contributed by atoms with van der Waals surface area (Å²) < 4.78 is 10.2. The van der Waals surface area contributed by atoms with Gasteiger partial charge in [-0.1, -0.05) is 35.0 Å². The van der Waals surface area contributed by atoms with Crippen molar-refractivity contribution in [1.29, 1.82) is 0 Å². The molecule has 120 valence electrons. The molecule has 1 aliphatic heterocycles. The molecule has 23 heavy (non-hydrogen) atoms. The number of carbonyl (C=O) groups is 2. The Morgan fingerprint density at radius 3 is 2.70 bits per heavy atom. The van der Waals surface area contributed by atoms with Crippen LogP contribution in [-0.4, -0.2) is 41.6 Å². The number of amides is 2. The molecule has 7 heteroatoms. The number of morpholine rings is 1. The van der Waals surface area contributed by atoms with Gasteiger partial charge in [0.2, 0.25) is 5.91 Å². The Morgan fingerprint density at radius 1 is 1.30 bits per heavy atom. The number of nitrogens with one attached hydrogen (secondary N) is 1. The topological polar surface area (TPSA) is 84.7 Å². The predicted molar refractivity (Wildman–Crippen MR) is 81.6 cm³/mol. The van der Waals surface area contributed by atoms with Crippen LogP contribution in [0.2, 0.25) is 0 Å². The molecular weight excluding hydrogens is 298 g/mol. The maximum absolute atomic E-state index is 12.5. The quantitative estimate of drug-likeness (QED) is 0.928. The molecule has 1 saturated heterocycles. The zero-order chi connectivity index (χ0) is 16.4. The first kappa shape index (κ1) is 15.2. The Labute approximate surface area is 133 Å². The van der Waals surface area contributed by atoms with Crippen molar-refractivity contribution in [2.45, 2.75) is 19.1 Å². The van der Waals surface area contributed by atoms with Gasteiger partial charge in [-0.05, 0) is 12.5 Å². The smallest absolute Gasteiger partial charge is 0.257 e. The molecule has 0 bridgehead atoms. The minimum absolute atomic E-state index is 0.129. The van der Waals surface area contributed by atoms with Crippen LogP contribution in [0.3, 0.4) is 0 Å². The van der Waals surface area contributed by atoms with Gasteiger partial charge in [0.25, 0.3) is 5.91 Å². The predicted octanol–water partition coefficient (Wildman–Crippen LogP) is 1.52. The number of nitrogens with zero attached hydrogens (tertiary/aromatic N) is 2. The first-order valence-electron chi connectivity index (χ1n) is 7.21. The van der Waals surface area contributed by atoms with Gasteiger partial charge in [0.15, 0.2) is 11.9 Å². The van der Waals surface area contributed by atoms with Crippen molar-refractivity contribution in [3.63, 3.8) is 0 Å². The lowest BCUT2D eigenvalue weighted by Crippen LogP contribution is -2.51. The Kier molecular flexibility index (Phi) is 4.12. The van der Waals surface area contributed by atoms with E-state index in [0.717, 1.165) is 11.1 Å². The Hall–Kier alpha value is -2.67. The Bertz CT molecular complexity index is 697. The number of anilines is 1. The third-order valence-electron chi connectivity index (χ3n) is 3.85. The number of carbonyl (C=O) groups excluding carboxylic acids is 2. The maximum Gasteiger partial charge on any atom is 0.257 e. The molecule has 2 heterocycles. The zero-order valence-corrected chi connectivity index (χ0v) is 12.9. The van der Waals surface area contributed by atoms with Crippen molar-refractivity contribution in [3.05, 3.63) is 47.7 Å². The van der Waals surface area contributed by atoms with Crippen molar-refractivity contribution in [1.82, 2.24) is 10.1 Å². The van der Waals surface area contributed by atoms with Crippen LogP contribution in [0.1, 0.15) is 17.2 Å². The highest BCUT2D eigenvalue weighted by atomic mass is 16.5. The van der Waals surface area contributed by atoms with Gasteiger partial charge in [-0.15, -0.1) is 0 Å². The fourth-order valence-corrected chi connectivity index (χ4v) is 2.57. The summed E-state index contributed by atoms with van der Waals surface area (Å²) in [6.07, 6.45) is 0.543. The van der Waals surface area contributed by atoms with Crippen LogP contribution >= 0.6 is 0 Å². The summed E-state index contributed by atoms with van der Waals surface area (Å²) in [7, 11) is 1.67. The van der Waals surface area contributed by atoms with E-state index in [1.54, 1.807) is 11.9 Å². The summed E-state index contributed by atoms with van der Waals surface area (Å²) in [5, 5.41) is 6.28. The van der Waals surface area contributed by atoms with Gasteiger partial charge in [-0.2, -0.15) is 0 Å². The molecule has 0 radical (unpaired) electrons. The van der Waals surface area contributed by atoms with Crippen molar-refractivity contribution >= 4 is 17.6 Å². The van der Waals surface area contributed by atoms with E-state index in [0.29, 0.717) is 5.82 Å². The number of hydrogen-bond acceptors (Lipinski definition) is 5. The number of rotatable bonds is 3. The summed E-state index contributed by atoms with van der Waals surface area (Å²) in [4.78, 5) is 26.0. The molecule has 2 amide bonds. The summed E-state index contributed by atoms with van der Waals surface area (Å²) in [5.41, 5.74) is 1.94. The average molecular weight is 315 g/mol. The second kappa shape index (κ2) is 6.21. The van der Waals surface area contributed by atoms with Gasteiger partial charge in [0, 0.05) is 13.1 Å². The number of likely N-dealkylation sites (N-methyl/N-ethyl adjacent to an activating group) is 1. The van der Waals surface area contributed by atoms with E-state index in [1.807, 2.05) is 31.2 Å². The van der Waals surface area contributed by atoms with E-state index >= 15 is 0 Å². The van der Waals surface area contributed by atoms with E-state index < -0.39 is 12.1 Å². The van der Waals surface area contributed by atoms with Crippen molar-refractivity contribution in [2.75, 3.05) is 19.0 Å². The number of hydrogen-bond donors (Lipinski definition) is 1. The van der Waals surface area contributed by atoms with E-state index in [-0.39, 0.29) is 18.4 Å². The molecule has 2 atom stereocenters. The molecule has 0 saturated carbocycles. The van der Waals surface area contributed by atoms with E-state index in [4.69, 9.17) is 9.26 Å². The van der Waals surface area contributed by atoms with Gasteiger partial charge < -0.3 is 19.5 Å². The molecule has 0 aliphatic carbocycles. The first-order valence-corrected chi connectivity index (χ1v) is 7.21. The highest BCUT2D eigenvalue weighted by molar-refractivity contribution is 5.95. The summed E-state index contributed by atoms with van der Waals surface area (Å²) in [5.74, 6) is -0.231. The minimum atomic E-state index is -0.822. The molecule has 2 aromatic rings. The molecule has 1 aliphatic rings. The lowest BCUT2D eigenvalue weighted by molar-refractivity contribution is -0.160. The standard InChI is InChI=1S/C16H17N3O4/c1-10-3-5-11(6-4-10)14-15(22-9-13(20)19(14)2)16(21)17-12-7-8-23-18-12/h3-8,14-15H,9H2,1-2H3,(H,17,18,21)/t14-,15+/m0/s1. The summed E-state index contributed by atoms with van der Waals surface area (Å²) in [6.45, 7) is 1.85. The number of benzene rings is 1. The van der Waals surface area contributed by atoms with Crippen LogP contribution in [0.4, 0.5) is 5.82 Å². The van der Waals surface area contributed by atoms with Gasteiger partial charge in [-0.25, -0.2) is 0 Å². The second-order valence-corrected chi connectivity index (χ2v) is 5.47. The third-order valence-corrected chi connectivity index (χ3v) is 3.85. The fraction of sp³-hybridized carbons (Fsp3) is 0.312. The van der Waals surface area contributed by atoms with Crippen LogP contribution in [0.5, 0.6) is 0 Å². The maximum atomic E-state index is 12.5. The molecule has 3 rings (SSSR count). The average Bonchev–Trinajstić information content (AvgIpc) is 3.04. The number of aromatic nitrogens is 1. The van der Waals surface area contributed by atoms with Crippen molar-refractivity contribution in [2.24, 2.45) is 0 Å². The highest BCUT2D eigenvalue weighted by Gasteiger charge is 2.40. The first-order chi connectivity index (χ1) is 11.1. The van der Waals surface area contributed by atoms with Crippen molar-refractivity contribution in [3.8, 4) is 0 Å². The van der Waals surface area contributed by atoms with Crippen LogP contribution in [0.15, 0.2) is 41.1 Å². The lowest BCUT2D eigenvalue weighted by atomic mass is 9.97. The molecule has 0 spiro atoms. The van der Waals surface area contributed by atoms with E-state index in [1.165, 1.54) is 12.3 Å². The molecule has 1 fully saturated rings. The van der Waals surface area contributed by atoms with Crippen LogP contribution in [0.25, 0.3) is 0 Å². The third kappa shape index (κ3) is 3.09. The zero-order valence-electron chi connectivity index (χ0n) is 12.9. The van der Waals surface area contributed by atoms with Crippen LogP contribution in [-0.2, 0) is 14.3 Å². The normalized spacial score (nSPS) is 21.3. The Balaban J connectivity index is 1.88. The Morgan fingerprint density at radius 2 is 2.04 bits per heavy atom. The molecule has 1 aromatic heterocycles. The molecule has 1 aromatic carbocycles. The molecule has 1 N–H and O–H groups in total. The van der Waals surface area contributed by atoms with E-state index in [2.05, 4.69) is 10.5 Å². The number of aryl methyl sites for hydroxylation is 1. The summed E-state index contributed by atoms with van der Waals surface area (Å²) >= 11 is 0. The number of ether oxygens (including phenoxy) is 1. The highest BCUT2D eigenvalue weighted by Crippen LogP contribution is 2.30. The lowest BCUT2D eigenvalue weighted by Gasteiger charge is -2.38.